The third-order valence-corrected chi connectivity index (χ3v) is 4.72. The molecule has 0 radical (unpaired) electrons. The average Bonchev–Trinajstić information content (AvgIpc) is 2.82. The maximum Gasteiger partial charge on any atom is 0.166 e. The Labute approximate surface area is 134 Å². The van der Waals surface area contributed by atoms with Crippen molar-refractivity contribution >= 4 is 5.78 Å². The van der Waals surface area contributed by atoms with Crippen molar-refractivity contribution in [3.8, 4) is 11.5 Å². The lowest BCUT2D eigenvalue weighted by Crippen LogP contribution is -2.14. The van der Waals surface area contributed by atoms with Gasteiger partial charge in [0.25, 0.3) is 0 Å². The van der Waals surface area contributed by atoms with Crippen LogP contribution in [0.4, 0.5) is 0 Å². The number of hydrogen-bond acceptors (Lipinski definition) is 3. The molecule has 0 heterocycles. The van der Waals surface area contributed by atoms with E-state index in [1.165, 1.54) is 25.7 Å². The van der Waals surface area contributed by atoms with Gasteiger partial charge in [0.15, 0.2) is 17.3 Å². The number of benzene rings is 1. The van der Waals surface area contributed by atoms with Crippen molar-refractivity contribution in [2.24, 2.45) is 11.8 Å². The van der Waals surface area contributed by atoms with Crippen LogP contribution in [-0.4, -0.2) is 20.0 Å². The summed E-state index contributed by atoms with van der Waals surface area (Å²) in [6.07, 6.45) is 6.69. The lowest BCUT2D eigenvalue weighted by atomic mass is 9.86. The minimum atomic E-state index is 0.134. The molecule has 0 amide bonds. The third kappa shape index (κ3) is 3.45. The minimum absolute atomic E-state index is 0.134. The zero-order valence-corrected chi connectivity index (χ0v) is 14.3. The Morgan fingerprint density at radius 2 is 1.68 bits per heavy atom. The molecular weight excluding hydrogens is 276 g/mol. The fourth-order valence-corrected chi connectivity index (χ4v) is 3.69. The first-order valence-electron chi connectivity index (χ1n) is 8.43. The highest BCUT2D eigenvalue weighted by molar-refractivity contribution is 6.02. The predicted molar refractivity (Wildman–Crippen MR) is 89.0 cm³/mol. The second-order valence-electron chi connectivity index (χ2n) is 6.31. The SMILES string of the molecule is CCCC(CCC)CC1Cc2cc(OC)c(OC)cc2C1=O. The lowest BCUT2D eigenvalue weighted by Gasteiger charge is -2.18. The molecule has 0 bridgehead atoms. The van der Waals surface area contributed by atoms with Gasteiger partial charge in [0, 0.05) is 11.5 Å². The molecule has 2 rings (SSSR count). The molecule has 0 saturated heterocycles. The molecule has 0 spiro atoms. The minimum Gasteiger partial charge on any atom is -0.493 e. The second-order valence-corrected chi connectivity index (χ2v) is 6.31. The standard InChI is InChI=1S/C19H28O3/c1-5-7-13(8-6-2)9-15-10-14-11-17(21-3)18(22-4)12-16(14)19(15)20/h11-13,15H,5-10H2,1-4H3. The molecule has 0 aliphatic heterocycles. The summed E-state index contributed by atoms with van der Waals surface area (Å²) in [4.78, 5) is 12.7. The van der Waals surface area contributed by atoms with Gasteiger partial charge in [-0.2, -0.15) is 0 Å². The highest BCUT2D eigenvalue weighted by atomic mass is 16.5. The summed E-state index contributed by atoms with van der Waals surface area (Å²) < 4.78 is 10.7. The van der Waals surface area contributed by atoms with Crippen LogP contribution >= 0.6 is 0 Å². The van der Waals surface area contributed by atoms with Crippen molar-refractivity contribution in [1.82, 2.24) is 0 Å². The van der Waals surface area contributed by atoms with Gasteiger partial charge < -0.3 is 9.47 Å². The molecule has 1 aromatic rings. The number of ketones is 1. The summed E-state index contributed by atoms with van der Waals surface area (Å²) in [6.45, 7) is 4.45. The maximum absolute atomic E-state index is 12.7. The van der Waals surface area contributed by atoms with Gasteiger partial charge in [-0.05, 0) is 36.5 Å². The predicted octanol–water partition coefficient (Wildman–Crippen LogP) is 4.67. The van der Waals surface area contributed by atoms with Crippen molar-refractivity contribution < 1.29 is 14.3 Å². The maximum atomic E-state index is 12.7. The quantitative estimate of drug-likeness (QED) is 0.700. The molecule has 0 N–H and O–H groups in total. The van der Waals surface area contributed by atoms with E-state index in [4.69, 9.17) is 9.47 Å². The number of methoxy groups -OCH3 is 2. The highest BCUT2D eigenvalue weighted by Gasteiger charge is 2.33. The Kier molecular flexibility index (Phi) is 5.87. The molecule has 1 aromatic carbocycles. The molecule has 1 aliphatic carbocycles. The van der Waals surface area contributed by atoms with Crippen LogP contribution in [0.1, 0.15) is 61.9 Å². The number of rotatable bonds is 8. The van der Waals surface area contributed by atoms with Crippen molar-refractivity contribution in [2.45, 2.75) is 52.4 Å². The van der Waals surface area contributed by atoms with E-state index in [0.29, 0.717) is 17.4 Å². The topological polar surface area (TPSA) is 35.5 Å². The fourth-order valence-electron chi connectivity index (χ4n) is 3.69. The van der Waals surface area contributed by atoms with Crippen LogP contribution in [0.2, 0.25) is 0 Å². The fraction of sp³-hybridized carbons (Fsp3) is 0.632. The van der Waals surface area contributed by atoms with E-state index in [1.54, 1.807) is 14.2 Å². The van der Waals surface area contributed by atoms with Crippen LogP contribution in [0.3, 0.4) is 0 Å². The number of Topliss-reactive ketones (excluding diaryl/α,β-unsaturated/α-hetero) is 1. The molecular formula is C19H28O3. The van der Waals surface area contributed by atoms with Gasteiger partial charge in [0.1, 0.15) is 0 Å². The Hall–Kier alpha value is -1.51. The molecule has 22 heavy (non-hydrogen) atoms. The largest absolute Gasteiger partial charge is 0.493 e. The van der Waals surface area contributed by atoms with Crippen LogP contribution in [0.5, 0.6) is 11.5 Å². The first-order chi connectivity index (χ1) is 10.6. The Balaban J connectivity index is 2.17. The van der Waals surface area contributed by atoms with E-state index >= 15 is 0 Å². The number of carbonyl (C=O) groups excluding carboxylic acids is 1. The number of fused-ring (bicyclic) bond motifs is 1. The Morgan fingerprint density at radius 3 is 2.23 bits per heavy atom. The highest BCUT2D eigenvalue weighted by Crippen LogP contribution is 2.39. The van der Waals surface area contributed by atoms with Gasteiger partial charge >= 0.3 is 0 Å². The van der Waals surface area contributed by atoms with Crippen LogP contribution in [-0.2, 0) is 6.42 Å². The number of hydrogen-bond donors (Lipinski definition) is 0. The molecule has 1 atom stereocenters. The Morgan fingerprint density at radius 1 is 1.09 bits per heavy atom. The summed E-state index contributed by atoms with van der Waals surface area (Å²) in [5.74, 6) is 2.45. The molecule has 3 heteroatoms. The summed E-state index contributed by atoms with van der Waals surface area (Å²) in [5.41, 5.74) is 1.94. The van der Waals surface area contributed by atoms with E-state index < -0.39 is 0 Å². The van der Waals surface area contributed by atoms with Gasteiger partial charge in [0.2, 0.25) is 0 Å². The van der Waals surface area contributed by atoms with Crippen LogP contribution in [0, 0.1) is 11.8 Å². The van der Waals surface area contributed by atoms with Crippen LogP contribution < -0.4 is 9.47 Å². The Bertz CT molecular complexity index is 516. The zero-order valence-electron chi connectivity index (χ0n) is 14.3. The zero-order chi connectivity index (χ0) is 16.1. The van der Waals surface area contributed by atoms with Crippen molar-refractivity contribution in [2.75, 3.05) is 14.2 Å². The van der Waals surface area contributed by atoms with E-state index in [9.17, 15) is 4.79 Å². The van der Waals surface area contributed by atoms with E-state index in [-0.39, 0.29) is 11.7 Å². The van der Waals surface area contributed by atoms with Crippen molar-refractivity contribution in [1.29, 1.82) is 0 Å². The molecule has 3 nitrogen and oxygen atoms in total. The van der Waals surface area contributed by atoms with Crippen molar-refractivity contribution in [3.05, 3.63) is 23.3 Å². The van der Waals surface area contributed by atoms with E-state index in [1.807, 2.05) is 12.1 Å². The van der Waals surface area contributed by atoms with Gasteiger partial charge in [-0.25, -0.2) is 0 Å². The van der Waals surface area contributed by atoms with Crippen molar-refractivity contribution in [3.63, 3.8) is 0 Å². The second kappa shape index (κ2) is 7.66. The number of ether oxygens (including phenoxy) is 2. The third-order valence-electron chi connectivity index (χ3n) is 4.72. The molecule has 122 valence electrons. The normalized spacial score (nSPS) is 17.0. The molecule has 1 unspecified atom stereocenters. The molecule has 0 fully saturated rings. The first kappa shape index (κ1) is 16.9. The summed E-state index contributed by atoms with van der Waals surface area (Å²) in [7, 11) is 3.25. The lowest BCUT2D eigenvalue weighted by molar-refractivity contribution is 0.0915. The van der Waals surface area contributed by atoms with E-state index in [0.717, 1.165) is 24.0 Å². The summed E-state index contributed by atoms with van der Waals surface area (Å²) in [5, 5.41) is 0. The van der Waals surface area contributed by atoms with Gasteiger partial charge in [0.05, 0.1) is 14.2 Å². The van der Waals surface area contributed by atoms with Crippen LogP contribution in [0.25, 0.3) is 0 Å². The summed E-state index contributed by atoms with van der Waals surface area (Å²) in [6, 6.07) is 3.83. The smallest absolute Gasteiger partial charge is 0.166 e. The average molecular weight is 304 g/mol. The van der Waals surface area contributed by atoms with Gasteiger partial charge in [-0.3, -0.25) is 4.79 Å². The van der Waals surface area contributed by atoms with Gasteiger partial charge in [-0.1, -0.05) is 39.5 Å². The molecule has 0 aromatic heterocycles. The molecule has 0 saturated carbocycles. The molecule has 1 aliphatic rings. The first-order valence-corrected chi connectivity index (χ1v) is 8.43. The van der Waals surface area contributed by atoms with E-state index in [2.05, 4.69) is 13.8 Å². The number of carbonyl (C=O) groups is 1. The summed E-state index contributed by atoms with van der Waals surface area (Å²) >= 11 is 0. The van der Waals surface area contributed by atoms with Crippen LogP contribution in [0.15, 0.2) is 12.1 Å². The van der Waals surface area contributed by atoms with Gasteiger partial charge in [-0.15, -0.1) is 0 Å². The monoisotopic (exact) mass is 304 g/mol.